The molecule has 0 amide bonds. The van der Waals surface area contributed by atoms with Crippen molar-refractivity contribution in [2.45, 2.75) is 25.7 Å². The Balaban J connectivity index is 2.16. The molecule has 0 saturated carbocycles. The van der Waals surface area contributed by atoms with Crippen LogP contribution in [-0.2, 0) is 16.0 Å². The first kappa shape index (κ1) is 16.8. The van der Waals surface area contributed by atoms with Gasteiger partial charge in [-0.25, -0.2) is 4.98 Å². The van der Waals surface area contributed by atoms with Gasteiger partial charge in [0.05, 0.1) is 32.5 Å². The summed E-state index contributed by atoms with van der Waals surface area (Å²) in [6, 6.07) is 3.74. The van der Waals surface area contributed by atoms with E-state index in [1.165, 1.54) is 0 Å². The van der Waals surface area contributed by atoms with Gasteiger partial charge < -0.3 is 24.6 Å². The van der Waals surface area contributed by atoms with Crippen molar-refractivity contribution < 1.29 is 19.3 Å². The molecule has 2 unspecified atom stereocenters. The number of rotatable bonds is 10. The summed E-state index contributed by atoms with van der Waals surface area (Å²) in [6.07, 6.45) is 1.19. The van der Waals surface area contributed by atoms with Crippen molar-refractivity contribution in [3.05, 3.63) is 23.9 Å². The van der Waals surface area contributed by atoms with Gasteiger partial charge in [0.2, 0.25) is 5.88 Å². The minimum atomic E-state index is -0.541. The zero-order valence-electron chi connectivity index (χ0n) is 12.3. The molecule has 0 saturated heterocycles. The predicted octanol–water partition coefficient (Wildman–Crippen LogP) is 0.592. The monoisotopic (exact) mass is 284 g/mol. The third-order valence-corrected chi connectivity index (χ3v) is 2.69. The van der Waals surface area contributed by atoms with Gasteiger partial charge in [-0.2, -0.15) is 0 Å². The first-order chi connectivity index (χ1) is 9.65. The summed E-state index contributed by atoms with van der Waals surface area (Å²) in [5, 5.41) is 12.9. The van der Waals surface area contributed by atoms with Gasteiger partial charge in [0.25, 0.3) is 0 Å². The van der Waals surface area contributed by atoms with Crippen molar-refractivity contribution in [2.24, 2.45) is 0 Å². The molecule has 114 valence electrons. The van der Waals surface area contributed by atoms with Crippen molar-refractivity contribution in [1.29, 1.82) is 0 Å². The molecular formula is C14H24N2O4. The van der Waals surface area contributed by atoms with E-state index in [1.54, 1.807) is 20.4 Å². The van der Waals surface area contributed by atoms with Crippen LogP contribution in [0.25, 0.3) is 0 Å². The molecule has 2 N–H and O–H groups in total. The van der Waals surface area contributed by atoms with Gasteiger partial charge in [-0.15, -0.1) is 0 Å². The van der Waals surface area contributed by atoms with Gasteiger partial charge in [-0.1, -0.05) is 6.07 Å². The summed E-state index contributed by atoms with van der Waals surface area (Å²) in [5.41, 5.74) is 1.03. The molecule has 0 aliphatic carbocycles. The molecule has 0 bridgehead atoms. The molecular weight excluding hydrogens is 260 g/mol. The fourth-order valence-electron chi connectivity index (χ4n) is 1.64. The molecule has 1 heterocycles. The number of hydrogen-bond donors (Lipinski definition) is 2. The van der Waals surface area contributed by atoms with Crippen LogP contribution in [-0.4, -0.2) is 56.3 Å². The van der Waals surface area contributed by atoms with E-state index < -0.39 is 6.10 Å². The van der Waals surface area contributed by atoms with Crippen LogP contribution in [0, 0.1) is 0 Å². The summed E-state index contributed by atoms with van der Waals surface area (Å²) >= 11 is 0. The fourth-order valence-corrected chi connectivity index (χ4v) is 1.64. The maximum Gasteiger partial charge on any atom is 0.212 e. The average molecular weight is 284 g/mol. The van der Waals surface area contributed by atoms with Gasteiger partial charge >= 0.3 is 0 Å². The highest BCUT2D eigenvalue weighted by Gasteiger charge is 2.07. The van der Waals surface area contributed by atoms with Gasteiger partial charge in [0.1, 0.15) is 0 Å². The molecule has 0 aromatic carbocycles. The van der Waals surface area contributed by atoms with E-state index in [0.717, 1.165) is 5.56 Å². The van der Waals surface area contributed by atoms with Crippen molar-refractivity contribution in [2.75, 3.05) is 34.0 Å². The third kappa shape index (κ3) is 6.81. The molecule has 0 fully saturated rings. The lowest BCUT2D eigenvalue weighted by atomic mass is 10.2. The minimum Gasteiger partial charge on any atom is -0.481 e. The van der Waals surface area contributed by atoms with Crippen LogP contribution < -0.4 is 10.1 Å². The van der Waals surface area contributed by atoms with Crippen molar-refractivity contribution >= 4 is 0 Å². The Labute approximate surface area is 120 Å². The molecule has 0 spiro atoms. The Hall–Kier alpha value is -1.21. The summed E-state index contributed by atoms with van der Waals surface area (Å²) in [4.78, 5) is 4.11. The minimum absolute atomic E-state index is 0.0135. The first-order valence-corrected chi connectivity index (χ1v) is 6.64. The number of ether oxygens (including phenoxy) is 3. The van der Waals surface area contributed by atoms with E-state index in [2.05, 4.69) is 10.3 Å². The van der Waals surface area contributed by atoms with Crippen molar-refractivity contribution in [3.63, 3.8) is 0 Å². The lowest BCUT2D eigenvalue weighted by molar-refractivity contribution is -0.0311. The van der Waals surface area contributed by atoms with E-state index >= 15 is 0 Å². The number of nitrogens with zero attached hydrogens (tertiary/aromatic N) is 1. The molecule has 0 aliphatic rings. The van der Waals surface area contributed by atoms with Crippen LogP contribution in [0.4, 0.5) is 0 Å². The molecule has 0 aliphatic heterocycles. The molecule has 6 heteroatoms. The van der Waals surface area contributed by atoms with Crippen LogP contribution in [0.15, 0.2) is 18.3 Å². The van der Waals surface area contributed by atoms with E-state index in [9.17, 15) is 5.11 Å². The third-order valence-electron chi connectivity index (χ3n) is 2.69. The highest BCUT2D eigenvalue weighted by Crippen LogP contribution is 2.06. The molecule has 0 radical (unpaired) electrons. The van der Waals surface area contributed by atoms with Crippen LogP contribution in [0.1, 0.15) is 12.5 Å². The molecule has 1 aromatic rings. The first-order valence-electron chi connectivity index (χ1n) is 6.64. The van der Waals surface area contributed by atoms with E-state index in [4.69, 9.17) is 14.2 Å². The van der Waals surface area contributed by atoms with Crippen LogP contribution >= 0.6 is 0 Å². The Morgan fingerprint density at radius 3 is 2.70 bits per heavy atom. The highest BCUT2D eigenvalue weighted by atomic mass is 16.5. The average Bonchev–Trinajstić information content (AvgIpc) is 2.46. The largest absolute Gasteiger partial charge is 0.481 e. The summed E-state index contributed by atoms with van der Waals surface area (Å²) in [5.74, 6) is 0.592. The Kier molecular flexibility index (Phi) is 8.13. The smallest absolute Gasteiger partial charge is 0.212 e. The molecule has 20 heavy (non-hydrogen) atoms. The van der Waals surface area contributed by atoms with Crippen molar-refractivity contribution in [1.82, 2.24) is 10.3 Å². The number of hydrogen-bond acceptors (Lipinski definition) is 6. The SMILES string of the molecule is COCC(C)OCC(O)CNCc1ccc(OC)nc1. The number of aliphatic hydroxyl groups excluding tert-OH is 1. The highest BCUT2D eigenvalue weighted by molar-refractivity contribution is 5.17. The maximum absolute atomic E-state index is 9.76. The number of nitrogens with one attached hydrogen (secondary N) is 1. The summed E-state index contributed by atoms with van der Waals surface area (Å²) < 4.78 is 15.4. The van der Waals surface area contributed by atoms with Crippen LogP contribution in [0.3, 0.4) is 0 Å². The summed E-state index contributed by atoms with van der Waals surface area (Å²) in [6.45, 7) is 3.83. The fraction of sp³-hybridized carbons (Fsp3) is 0.643. The topological polar surface area (TPSA) is 72.8 Å². The van der Waals surface area contributed by atoms with Gasteiger partial charge in [0, 0.05) is 32.5 Å². The Morgan fingerprint density at radius 2 is 2.10 bits per heavy atom. The number of pyridine rings is 1. The Bertz CT molecular complexity index is 359. The maximum atomic E-state index is 9.76. The quantitative estimate of drug-likeness (QED) is 0.655. The van der Waals surface area contributed by atoms with Gasteiger partial charge in [0.15, 0.2) is 0 Å². The normalized spacial score (nSPS) is 14.0. The predicted molar refractivity (Wildman–Crippen MR) is 75.8 cm³/mol. The lowest BCUT2D eigenvalue weighted by Gasteiger charge is -2.16. The second kappa shape index (κ2) is 9.66. The van der Waals surface area contributed by atoms with E-state index in [1.807, 2.05) is 19.1 Å². The Morgan fingerprint density at radius 1 is 1.30 bits per heavy atom. The zero-order chi connectivity index (χ0) is 14.8. The zero-order valence-corrected chi connectivity index (χ0v) is 12.3. The van der Waals surface area contributed by atoms with E-state index in [-0.39, 0.29) is 6.10 Å². The molecule has 2 atom stereocenters. The second-order valence-corrected chi connectivity index (χ2v) is 4.59. The molecule has 1 aromatic heterocycles. The van der Waals surface area contributed by atoms with Crippen molar-refractivity contribution in [3.8, 4) is 5.88 Å². The van der Waals surface area contributed by atoms with Crippen LogP contribution in [0.2, 0.25) is 0 Å². The second-order valence-electron chi connectivity index (χ2n) is 4.59. The molecule has 6 nitrogen and oxygen atoms in total. The number of methoxy groups -OCH3 is 2. The standard InChI is InChI=1S/C14H24N2O4/c1-11(9-18-2)20-10-13(17)8-15-6-12-4-5-14(19-3)16-7-12/h4-5,7,11,13,15,17H,6,8-10H2,1-3H3. The lowest BCUT2D eigenvalue weighted by Crippen LogP contribution is -2.32. The number of aromatic nitrogens is 1. The van der Waals surface area contributed by atoms with Gasteiger partial charge in [-0.05, 0) is 12.5 Å². The van der Waals surface area contributed by atoms with Crippen LogP contribution in [0.5, 0.6) is 5.88 Å². The molecule has 1 rings (SSSR count). The number of aliphatic hydroxyl groups is 1. The van der Waals surface area contributed by atoms with Gasteiger partial charge in [-0.3, -0.25) is 0 Å². The summed E-state index contributed by atoms with van der Waals surface area (Å²) in [7, 11) is 3.21. The van der Waals surface area contributed by atoms with E-state index in [0.29, 0.717) is 32.2 Å².